The van der Waals surface area contributed by atoms with Crippen molar-refractivity contribution in [2.75, 3.05) is 13.2 Å². The van der Waals surface area contributed by atoms with Crippen LogP contribution >= 0.6 is 0 Å². The molecular formula is C27H49F3O4. The van der Waals surface area contributed by atoms with Gasteiger partial charge in [0.05, 0.1) is 6.61 Å². The first-order valence-corrected chi connectivity index (χ1v) is 13.7. The van der Waals surface area contributed by atoms with Gasteiger partial charge in [0.1, 0.15) is 0 Å². The number of halogens is 3. The van der Waals surface area contributed by atoms with Crippen LogP contribution in [0.4, 0.5) is 13.2 Å². The third-order valence-corrected chi connectivity index (χ3v) is 5.92. The minimum Gasteiger partial charge on any atom is -0.466 e. The molecule has 0 spiro atoms. The fraction of sp³-hybridized carbons (Fsp3) is 0.926. The van der Waals surface area contributed by atoms with E-state index in [-0.39, 0.29) is 19.3 Å². The number of rotatable bonds is 24. The average Bonchev–Trinajstić information content (AvgIpc) is 2.78. The molecule has 0 aliphatic rings. The summed E-state index contributed by atoms with van der Waals surface area (Å²) in [6.07, 6.45) is 18.8. The van der Waals surface area contributed by atoms with Gasteiger partial charge in [-0.3, -0.25) is 9.59 Å². The number of hydrogen-bond acceptors (Lipinski definition) is 4. The van der Waals surface area contributed by atoms with Gasteiger partial charge in [0, 0.05) is 12.8 Å². The first-order chi connectivity index (χ1) is 16.3. The summed E-state index contributed by atoms with van der Waals surface area (Å²) in [5.74, 6) is -1.37. The second-order valence-corrected chi connectivity index (χ2v) is 9.36. The van der Waals surface area contributed by atoms with E-state index in [1.54, 1.807) is 0 Å². The van der Waals surface area contributed by atoms with Crippen molar-refractivity contribution >= 4 is 11.9 Å². The Labute approximate surface area is 205 Å². The molecule has 0 saturated carbocycles. The van der Waals surface area contributed by atoms with Crippen molar-refractivity contribution in [3.05, 3.63) is 0 Å². The molecule has 0 aliphatic carbocycles. The van der Waals surface area contributed by atoms with Gasteiger partial charge in [0.15, 0.2) is 6.61 Å². The smallest absolute Gasteiger partial charge is 0.422 e. The SMILES string of the molecule is CCCCCCCCCCCCCCCCCCCCOC(=O)CCCC(=O)OCC(F)(F)F. The van der Waals surface area contributed by atoms with Gasteiger partial charge in [-0.05, 0) is 12.8 Å². The molecule has 0 radical (unpaired) electrons. The predicted molar refractivity (Wildman–Crippen MR) is 131 cm³/mol. The molecule has 0 N–H and O–H groups in total. The van der Waals surface area contributed by atoms with E-state index in [1.807, 2.05) is 0 Å². The topological polar surface area (TPSA) is 52.6 Å². The Kier molecular flexibility index (Phi) is 22.6. The van der Waals surface area contributed by atoms with Gasteiger partial charge in [-0.2, -0.15) is 13.2 Å². The quantitative estimate of drug-likeness (QED) is 0.0993. The van der Waals surface area contributed by atoms with Crippen molar-refractivity contribution in [2.45, 2.75) is 148 Å². The zero-order chi connectivity index (χ0) is 25.3. The van der Waals surface area contributed by atoms with Crippen LogP contribution in [0.15, 0.2) is 0 Å². The maximum absolute atomic E-state index is 11.9. The second-order valence-electron chi connectivity index (χ2n) is 9.36. The summed E-state index contributed by atoms with van der Waals surface area (Å²) in [6, 6.07) is 0. The van der Waals surface area contributed by atoms with Crippen LogP contribution < -0.4 is 0 Å². The third-order valence-electron chi connectivity index (χ3n) is 5.92. The summed E-state index contributed by atoms with van der Waals surface area (Å²) < 4.78 is 44.9. The Bertz CT molecular complexity index is 481. The van der Waals surface area contributed by atoms with E-state index in [1.165, 1.54) is 96.3 Å². The van der Waals surface area contributed by atoms with Crippen LogP contribution in [0.25, 0.3) is 0 Å². The lowest BCUT2D eigenvalue weighted by Gasteiger charge is -2.08. The molecule has 0 fully saturated rings. The maximum atomic E-state index is 11.9. The third kappa shape index (κ3) is 27.0. The van der Waals surface area contributed by atoms with Crippen LogP contribution in [0.2, 0.25) is 0 Å². The van der Waals surface area contributed by atoms with E-state index in [0.717, 1.165) is 19.3 Å². The van der Waals surface area contributed by atoms with Gasteiger partial charge in [0.25, 0.3) is 0 Å². The van der Waals surface area contributed by atoms with E-state index in [4.69, 9.17) is 4.74 Å². The number of carbonyl (C=O) groups is 2. The minimum atomic E-state index is -4.53. The number of alkyl halides is 3. The lowest BCUT2D eigenvalue weighted by atomic mass is 10.0. The summed E-state index contributed by atoms with van der Waals surface area (Å²) in [6.45, 7) is 1.03. The molecule has 0 saturated heterocycles. The molecular weight excluding hydrogens is 445 g/mol. The molecule has 0 amide bonds. The Morgan fingerprint density at radius 3 is 1.26 bits per heavy atom. The van der Waals surface area contributed by atoms with Crippen molar-refractivity contribution in [1.29, 1.82) is 0 Å². The Balaban J connectivity index is 3.24. The first kappa shape index (κ1) is 32.7. The Morgan fingerprint density at radius 1 is 0.529 bits per heavy atom. The Morgan fingerprint density at radius 2 is 0.882 bits per heavy atom. The highest BCUT2D eigenvalue weighted by atomic mass is 19.4. The second kappa shape index (κ2) is 23.5. The normalized spacial score (nSPS) is 11.5. The molecule has 0 heterocycles. The van der Waals surface area contributed by atoms with Gasteiger partial charge in [-0.25, -0.2) is 0 Å². The number of carbonyl (C=O) groups excluding carboxylic acids is 2. The number of ether oxygens (including phenoxy) is 2. The van der Waals surface area contributed by atoms with Crippen LogP contribution in [-0.4, -0.2) is 31.3 Å². The number of esters is 2. The molecule has 0 aromatic rings. The zero-order valence-electron chi connectivity index (χ0n) is 21.5. The van der Waals surface area contributed by atoms with Crippen molar-refractivity contribution in [1.82, 2.24) is 0 Å². The predicted octanol–water partition coefficient (Wildman–Crippen LogP) is 8.85. The van der Waals surface area contributed by atoms with Gasteiger partial charge >= 0.3 is 18.1 Å². The molecule has 0 bridgehead atoms. The molecule has 0 rings (SSSR count). The molecule has 0 aromatic heterocycles. The lowest BCUT2D eigenvalue weighted by Crippen LogP contribution is -2.20. The molecule has 4 nitrogen and oxygen atoms in total. The summed E-state index contributed by atoms with van der Waals surface area (Å²) in [7, 11) is 0. The monoisotopic (exact) mass is 494 g/mol. The fourth-order valence-corrected chi connectivity index (χ4v) is 3.87. The highest BCUT2D eigenvalue weighted by Gasteiger charge is 2.29. The molecule has 0 aliphatic heterocycles. The summed E-state index contributed by atoms with van der Waals surface area (Å²) in [5, 5.41) is 0. The molecule has 34 heavy (non-hydrogen) atoms. The fourth-order valence-electron chi connectivity index (χ4n) is 3.87. The zero-order valence-corrected chi connectivity index (χ0v) is 21.5. The van der Waals surface area contributed by atoms with Gasteiger partial charge in [0.2, 0.25) is 0 Å². The van der Waals surface area contributed by atoms with Gasteiger partial charge < -0.3 is 9.47 Å². The van der Waals surface area contributed by atoms with Crippen LogP contribution in [0, 0.1) is 0 Å². The number of unbranched alkanes of at least 4 members (excludes halogenated alkanes) is 17. The van der Waals surface area contributed by atoms with Gasteiger partial charge in [-0.1, -0.05) is 116 Å². The highest BCUT2D eigenvalue weighted by molar-refractivity contribution is 5.72. The maximum Gasteiger partial charge on any atom is 0.422 e. The summed E-state index contributed by atoms with van der Waals surface area (Å²) in [5.41, 5.74) is 0. The van der Waals surface area contributed by atoms with Crippen LogP contribution in [0.3, 0.4) is 0 Å². The van der Waals surface area contributed by atoms with Crippen LogP contribution in [-0.2, 0) is 19.1 Å². The summed E-state index contributed by atoms with van der Waals surface area (Å²) in [4.78, 5) is 22.7. The van der Waals surface area contributed by atoms with E-state index in [0.29, 0.717) is 6.61 Å². The van der Waals surface area contributed by atoms with Crippen LogP contribution in [0.5, 0.6) is 0 Å². The average molecular weight is 495 g/mol. The van der Waals surface area contributed by atoms with E-state index in [9.17, 15) is 22.8 Å². The van der Waals surface area contributed by atoms with Gasteiger partial charge in [-0.15, -0.1) is 0 Å². The Hall–Kier alpha value is -1.27. The molecule has 0 unspecified atom stereocenters. The lowest BCUT2D eigenvalue weighted by molar-refractivity contribution is -0.186. The molecule has 202 valence electrons. The highest BCUT2D eigenvalue weighted by Crippen LogP contribution is 2.16. The standard InChI is InChI=1S/C27H49F3O4/c1-2-3-4-5-6-7-8-9-10-11-12-13-14-15-16-17-18-19-23-33-25(31)21-20-22-26(32)34-24-27(28,29)30/h2-24H2,1H3. The van der Waals surface area contributed by atoms with Crippen molar-refractivity contribution in [3.63, 3.8) is 0 Å². The van der Waals surface area contributed by atoms with E-state index >= 15 is 0 Å². The molecule has 7 heteroatoms. The molecule has 0 atom stereocenters. The van der Waals surface area contributed by atoms with Crippen molar-refractivity contribution < 1.29 is 32.2 Å². The molecule has 0 aromatic carbocycles. The van der Waals surface area contributed by atoms with E-state index in [2.05, 4.69) is 11.7 Å². The first-order valence-electron chi connectivity index (χ1n) is 13.7. The summed E-state index contributed by atoms with van der Waals surface area (Å²) >= 11 is 0. The van der Waals surface area contributed by atoms with Crippen molar-refractivity contribution in [2.24, 2.45) is 0 Å². The van der Waals surface area contributed by atoms with Crippen molar-refractivity contribution in [3.8, 4) is 0 Å². The minimum absolute atomic E-state index is 0.0141. The number of hydrogen-bond donors (Lipinski definition) is 0. The largest absolute Gasteiger partial charge is 0.466 e. The van der Waals surface area contributed by atoms with E-state index < -0.39 is 24.7 Å². The van der Waals surface area contributed by atoms with Crippen LogP contribution in [0.1, 0.15) is 142 Å².